The molecule has 180 valence electrons. The van der Waals surface area contributed by atoms with Crippen LogP contribution in [-0.4, -0.2) is 32.2 Å². The largest absolute Gasteiger partial charge is 0.336 e. The maximum atomic E-state index is 15.8. The lowest BCUT2D eigenvalue weighted by Gasteiger charge is -2.06. The van der Waals surface area contributed by atoms with E-state index in [1.807, 2.05) is 19.1 Å². The fourth-order valence-corrected chi connectivity index (χ4v) is 4.33. The molecule has 0 bridgehead atoms. The molecule has 0 fully saturated rings. The predicted octanol–water partition coefficient (Wildman–Crippen LogP) is 6.31. The SMILES string of the molecule is C=C/C=C\C(=C/C)c1ccc2[nH]nc(-c3nc4c(-c5cc(F)cc(CNC)c5)nccc4[nH]3)c2c1F. The summed E-state index contributed by atoms with van der Waals surface area (Å²) in [6, 6.07) is 10.1. The van der Waals surface area contributed by atoms with Crippen molar-refractivity contribution in [2.24, 2.45) is 0 Å². The van der Waals surface area contributed by atoms with Crippen molar-refractivity contribution in [3.05, 3.63) is 96.2 Å². The van der Waals surface area contributed by atoms with Gasteiger partial charge in [0, 0.05) is 23.9 Å². The van der Waals surface area contributed by atoms with E-state index in [-0.39, 0.29) is 5.82 Å². The van der Waals surface area contributed by atoms with Crippen molar-refractivity contribution in [1.82, 2.24) is 30.5 Å². The third-order valence-corrected chi connectivity index (χ3v) is 5.94. The molecule has 8 heteroatoms. The van der Waals surface area contributed by atoms with Crippen LogP contribution in [0.1, 0.15) is 18.1 Å². The summed E-state index contributed by atoms with van der Waals surface area (Å²) in [7, 11) is 1.80. The van der Waals surface area contributed by atoms with Crippen LogP contribution in [0, 0.1) is 11.6 Å². The maximum Gasteiger partial charge on any atom is 0.159 e. The molecule has 0 aliphatic carbocycles. The van der Waals surface area contributed by atoms with E-state index in [4.69, 9.17) is 4.98 Å². The summed E-state index contributed by atoms with van der Waals surface area (Å²) < 4.78 is 30.2. The van der Waals surface area contributed by atoms with E-state index in [1.54, 1.807) is 49.7 Å². The number of nitrogens with one attached hydrogen (secondary N) is 3. The van der Waals surface area contributed by atoms with Gasteiger partial charge in [0.15, 0.2) is 5.82 Å². The van der Waals surface area contributed by atoms with Gasteiger partial charge in [0.25, 0.3) is 0 Å². The standard InChI is InChI=1S/C28H24F2N6/c1-4-6-7-17(5-2)20-8-9-21-23(24(20)30)27(36-35-21)28-33-22-10-11-32-25(26(22)34-28)18-12-16(15-31-3)13-19(29)14-18/h4-14,31H,1,15H2,2-3H3,(H,33,34)(H,35,36)/b7-6-,17-5+. The van der Waals surface area contributed by atoms with Gasteiger partial charge < -0.3 is 10.3 Å². The molecule has 0 spiro atoms. The van der Waals surface area contributed by atoms with Gasteiger partial charge in [0.05, 0.1) is 22.1 Å². The second-order valence-corrected chi connectivity index (χ2v) is 8.28. The lowest BCUT2D eigenvalue weighted by atomic mass is 10.0. The van der Waals surface area contributed by atoms with Gasteiger partial charge in [-0.25, -0.2) is 13.8 Å². The molecular formula is C28H24F2N6. The molecule has 0 amide bonds. The summed E-state index contributed by atoms with van der Waals surface area (Å²) in [6.07, 6.45) is 8.68. The van der Waals surface area contributed by atoms with Crippen LogP contribution in [0.2, 0.25) is 0 Å². The highest BCUT2D eigenvalue weighted by molar-refractivity contribution is 5.98. The first-order valence-electron chi connectivity index (χ1n) is 11.5. The molecule has 36 heavy (non-hydrogen) atoms. The summed E-state index contributed by atoms with van der Waals surface area (Å²) >= 11 is 0. The van der Waals surface area contributed by atoms with Crippen molar-refractivity contribution in [3.63, 3.8) is 0 Å². The van der Waals surface area contributed by atoms with Crippen LogP contribution < -0.4 is 5.32 Å². The Hall–Kier alpha value is -4.43. The van der Waals surface area contributed by atoms with Gasteiger partial charge in [0.2, 0.25) is 0 Å². The second kappa shape index (κ2) is 9.67. The Morgan fingerprint density at radius 3 is 2.75 bits per heavy atom. The number of nitrogens with zero attached hydrogens (tertiary/aromatic N) is 3. The first-order valence-corrected chi connectivity index (χ1v) is 11.5. The van der Waals surface area contributed by atoms with Gasteiger partial charge in [-0.3, -0.25) is 10.1 Å². The lowest BCUT2D eigenvalue weighted by molar-refractivity contribution is 0.624. The summed E-state index contributed by atoms with van der Waals surface area (Å²) in [6.45, 7) is 6.05. The molecule has 0 atom stereocenters. The van der Waals surface area contributed by atoms with Gasteiger partial charge >= 0.3 is 0 Å². The average Bonchev–Trinajstić information content (AvgIpc) is 3.50. The quantitative estimate of drug-likeness (QED) is 0.237. The second-order valence-electron chi connectivity index (χ2n) is 8.28. The highest BCUT2D eigenvalue weighted by atomic mass is 19.1. The van der Waals surface area contributed by atoms with Gasteiger partial charge in [-0.2, -0.15) is 5.10 Å². The average molecular weight is 483 g/mol. The van der Waals surface area contributed by atoms with E-state index in [2.05, 4.69) is 32.1 Å². The maximum absolute atomic E-state index is 15.8. The summed E-state index contributed by atoms with van der Waals surface area (Å²) in [5.41, 5.74) is 5.23. The molecule has 6 nitrogen and oxygen atoms in total. The molecule has 0 aliphatic heterocycles. The molecule has 3 aromatic heterocycles. The molecule has 2 aromatic carbocycles. The van der Waals surface area contributed by atoms with Crippen LogP contribution >= 0.6 is 0 Å². The molecule has 3 heterocycles. The molecule has 5 aromatic rings. The van der Waals surface area contributed by atoms with Crippen LogP contribution in [0.25, 0.3) is 50.3 Å². The topological polar surface area (TPSA) is 82.3 Å². The number of benzene rings is 2. The summed E-state index contributed by atoms with van der Waals surface area (Å²) in [5, 5.41) is 10.6. The number of halogens is 2. The Bertz CT molecular complexity index is 1660. The first kappa shape index (κ1) is 23.3. The number of pyridine rings is 1. The number of hydrogen-bond donors (Lipinski definition) is 3. The third-order valence-electron chi connectivity index (χ3n) is 5.94. The zero-order valence-electron chi connectivity index (χ0n) is 19.9. The molecule has 5 rings (SSSR count). The molecule has 0 radical (unpaired) electrons. The molecule has 0 saturated carbocycles. The van der Waals surface area contributed by atoms with Crippen LogP contribution in [0.5, 0.6) is 0 Å². The minimum Gasteiger partial charge on any atom is -0.336 e. The zero-order valence-corrected chi connectivity index (χ0v) is 19.9. The molecule has 0 unspecified atom stereocenters. The highest BCUT2D eigenvalue weighted by Crippen LogP contribution is 2.34. The fourth-order valence-electron chi connectivity index (χ4n) is 4.33. The normalized spacial score (nSPS) is 12.3. The number of fused-ring (bicyclic) bond motifs is 2. The Labute approximate surface area is 206 Å². The van der Waals surface area contributed by atoms with Crippen molar-refractivity contribution < 1.29 is 8.78 Å². The Morgan fingerprint density at radius 2 is 1.97 bits per heavy atom. The highest BCUT2D eigenvalue weighted by Gasteiger charge is 2.20. The van der Waals surface area contributed by atoms with Gasteiger partial charge in [-0.05, 0) is 61.5 Å². The Morgan fingerprint density at radius 1 is 1.11 bits per heavy atom. The number of rotatable bonds is 7. The zero-order chi connectivity index (χ0) is 25.2. The number of aromatic nitrogens is 5. The smallest absolute Gasteiger partial charge is 0.159 e. The summed E-state index contributed by atoms with van der Waals surface area (Å²) in [5.74, 6) is -0.374. The number of hydrogen-bond acceptors (Lipinski definition) is 4. The van der Waals surface area contributed by atoms with E-state index in [0.717, 1.165) is 11.1 Å². The van der Waals surface area contributed by atoms with E-state index in [1.165, 1.54) is 12.1 Å². The van der Waals surface area contributed by atoms with Crippen molar-refractivity contribution in [1.29, 1.82) is 0 Å². The number of imidazole rings is 1. The van der Waals surface area contributed by atoms with Gasteiger partial charge in [-0.1, -0.05) is 30.9 Å². The monoisotopic (exact) mass is 482 g/mol. The predicted molar refractivity (Wildman–Crippen MR) is 140 cm³/mol. The number of H-pyrrole nitrogens is 2. The van der Waals surface area contributed by atoms with Crippen LogP contribution in [0.15, 0.2) is 73.5 Å². The molecule has 0 aliphatic rings. The van der Waals surface area contributed by atoms with Gasteiger partial charge in [-0.15, -0.1) is 0 Å². The lowest BCUT2D eigenvalue weighted by Crippen LogP contribution is -2.05. The first-order chi connectivity index (χ1) is 17.5. The van der Waals surface area contributed by atoms with E-state index in [9.17, 15) is 4.39 Å². The fraction of sp³-hybridized carbons (Fsp3) is 0.107. The molecule has 3 N–H and O–H groups in total. The molecule has 0 saturated heterocycles. The van der Waals surface area contributed by atoms with E-state index in [0.29, 0.717) is 56.8 Å². The minimum atomic E-state index is -0.404. The van der Waals surface area contributed by atoms with Crippen molar-refractivity contribution >= 4 is 27.5 Å². The van der Waals surface area contributed by atoms with Crippen molar-refractivity contribution in [2.75, 3.05) is 7.05 Å². The Kier molecular flexibility index (Phi) is 6.26. The minimum absolute atomic E-state index is 0.328. The van der Waals surface area contributed by atoms with E-state index >= 15 is 4.39 Å². The number of allylic oxidation sites excluding steroid dienone is 5. The van der Waals surface area contributed by atoms with Crippen LogP contribution in [0.4, 0.5) is 8.78 Å². The summed E-state index contributed by atoms with van der Waals surface area (Å²) in [4.78, 5) is 12.4. The van der Waals surface area contributed by atoms with E-state index < -0.39 is 5.82 Å². The van der Waals surface area contributed by atoms with Gasteiger partial charge in [0.1, 0.15) is 22.8 Å². The number of aromatic amines is 2. The van der Waals surface area contributed by atoms with Crippen molar-refractivity contribution in [3.8, 4) is 22.8 Å². The van der Waals surface area contributed by atoms with Crippen LogP contribution in [-0.2, 0) is 6.54 Å². The third kappa shape index (κ3) is 4.12. The van der Waals surface area contributed by atoms with Crippen LogP contribution in [0.3, 0.4) is 0 Å². The van der Waals surface area contributed by atoms with Crippen molar-refractivity contribution in [2.45, 2.75) is 13.5 Å². The Balaban J connectivity index is 1.67. The molecular weight excluding hydrogens is 458 g/mol.